The third kappa shape index (κ3) is 5.07. The maximum atomic E-state index is 7.14. The summed E-state index contributed by atoms with van der Waals surface area (Å²) >= 11 is 0. The van der Waals surface area contributed by atoms with E-state index < -0.39 is 0 Å². The van der Waals surface area contributed by atoms with Crippen molar-refractivity contribution in [3.05, 3.63) is 194 Å². The molecule has 0 bridgehead atoms. The average molecular weight is 741 g/mol. The van der Waals surface area contributed by atoms with Gasteiger partial charge in [-0.25, -0.2) is 15.0 Å². The van der Waals surface area contributed by atoms with E-state index in [1.54, 1.807) is 0 Å². The lowest BCUT2D eigenvalue weighted by Crippen LogP contribution is -2.01. The van der Waals surface area contributed by atoms with E-state index in [1.165, 1.54) is 21.5 Å². The van der Waals surface area contributed by atoms with Crippen molar-refractivity contribution >= 4 is 65.3 Å². The fourth-order valence-electron chi connectivity index (χ4n) is 8.68. The normalized spacial score (nSPS) is 11.8. The molecule has 9 aromatic carbocycles. The Labute approximate surface area is 333 Å². The zero-order valence-electron chi connectivity index (χ0n) is 31.2. The molecule has 0 aliphatic carbocycles. The Hall–Kier alpha value is -7.89. The quantitative estimate of drug-likeness (QED) is 0.176. The van der Waals surface area contributed by atoms with E-state index in [4.69, 9.17) is 19.4 Å². The first-order valence-electron chi connectivity index (χ1n) is 19.5. The lowest BCUT2D eigenvalue weighted by molar-refractivity contribution is 0.673. The Bertz CT molecular complexity index is 3570. The largest absolute Gasteiger partial charge is 0.455 e. The first-order valence-corrected chi connectivity index (χ1v) is 19.5. The van der Waals surface area contributed by atoms with E-state index in [-0.39, 0.29) is 0 Å². The molecule has 0 aliphatic rings. The van der Waals surface area contributed by atoms with Gasteiger partial charge in [0.15, 0.2) is 17.5 Å². The van der Waals surface area contributed by atoms with Crippen LogP contribution in [0.2, 0.25) is 0 Å². The number of hydrogen-bond donors (Lipinski definition) is 0. The van der Waals surface area contributed by atoms with Gasteiger partial charge in [-0.15, -0.1) is 0 Å². The van der Waals surface area contributed by atoms with E-state index in [0.717, 1.165) is 77.2 Å². The summed E-state index contributed by atoms with van der Waals surface area (Å²) in [4.78, 5) is 15.5. The molecule has 5 nitrogen and oxygen atoms in total. The van der Waals surface area contributed by atoms with E-state index in [9.17, 15) is 0 Å². The fourth-order valence-corrected chi connectivity index (χ4v) is 8.68. The molecule has 5 heteroatoms. The van der Waals surface area contributed by atoms with Crippen LogP contribution in [0.3, 0.4) is 0 Å². The lowest BCUT2D eigenvalue weighted by atomic mass is 10.0. The molecule has 3 heterocycles. The highest BCUT2D eigenvalue weighted by Crippen LogP contribution is 2.44. The molecule has 0 atom stereocenters. The Balaban J connectivity index is 1.17. The smallest absolute Gasteiger partial charge is 0.167 e. The van der Waals surface area contributed by atoms with Crippen molar-refractivity contribution in [2.24, 2.45) is 0 Å². The molecule has 0 saturated heterocycles. The number of aromatic nitrogens is 4. The molecule has 0 saturated carbocycles. The minimum absolute atomic E-state index is 0.544. The van der Waals surface area contributed by atoms with Gasteiger partial charge >= 0.3 is 0 Å². The van der Waals surface area contributed by atoms with Crippen LogP contribution in [-0.4, -0.2) is 19.5 Å². The van der Waals surface area contributed by atoms with Crippen LogP contribution in [0, 0.1) is 0 Å². The second-order valence-corrected chi connectivity index (χ2v) is 14.8. The summed E-state index contributed by atoms with van der Waals surface area (Å²) < 4.78 is 9.54. The molecule has 0 fully saturated rings. The molecular weight excluding hydrogens is 709 g/mol. The van der Waals surface area contributed by atoms with Gasteiger partial charge in [-0.1, -0.05) is 152 Å². The Kier molecular flexibility index (Phi) is 7.16. The second kappa shape index (κ2) is 12.8. The highest BCUT2D eigenvalue weighted by Gasteiger charge is 2.24. The highest BCUT2D eigenvalue weighted by molar-refractivity contribution is 6.21. The zero-order valence-corrected chi connectivity index (χ0v) is 31.2. The monoisotopic (exact) mass is 740 g/mol. The van der Waals surface area contributed by atoms with Crippen LogP contribution in [0.1, 0.15) is 0 Å². The van der Waals surface area contributed by atoms with Crippen molar-refractivity contribution < 1.29 is 4.42 Å². The summed E-state index contributed by atoms with van der Waals surface area (Å²) in [5, 5.41) is 9.02. The van der Waals surface area contributed by atoms with Gasteiger partial charge in [-0.05, 0) is 69.8 Å². The van der Waals surface area contributed by atoms with Gasteiger partial charge in [-0.3, -0.25) is 0 Å². The summed E-state index contributed by atoms with van der Waals surface area (Å²) in [5.41, 5.74) is 9.69. The molecule has 58 heavy (non-hydrogen) atoms. The van der Waals surface area contributed by atoms with Crippen molar-refractivity contribution in [1.82, 2.24) is 19.5 Å². The van der Waals surface area contributed by atoms with Gasteiger partial charge < -0.3 is 8.98 Å². The van der Waals surface area contributed by atoms with Crippen molar-refractivity contribution in [3.63, 3.8) is 0 Å². The molecule has 0 N–H and O–H groups in total. The van der Waals surface area contributed by atoms with E-state index in [1.807, 2.05) is 36.4 Å². The maximum Gasteiger partial charge on any atom is 0.167 e. The predicted molar refractivity (Wildman–Crippen MR) is 238 cm³/mol. The first kappa shape index (κ1) is 32.4. The van der Waals surface area contributed by atoms with Crippen molar-refractivity contribution in [3.8, 4) is 51.0 Å². The third-order valence-corrected chi connectivity index (χ3v) is 11.4. The summed E-state index contributed by atoms with van der Waals surface area (Å²) in [6, 6.07) is 68.0. The molecule has 270 valence electrons. The first-order chi connectivity index (χ1) is 28.7. The van der Waals surface area contributed by atoms with E-state index in [0.29, 0.717) is 17.5 Å². The van der Waals surface area contributed by atoms with Gasteiger partial charge in [0.25, 0.3) is 0 Å². The fraction of sp³-hybridized carbons (Fsp3) is 0. The number of benzene rings is 9. The van der Waals surface area contributed by atoms with E-state index in [2.05, 4.69) is 162 Å². The zero-order chi connectivity index (χ0) is 38.2. The number of nitrogens with zero attached hydrogens (tertiary/aromatic N) is 4. The molecular formula is C53H32N4O. The molecule has 0 amide bonds. The molecule has 0 radical (unpaired) electrons. The maximum absolute atomic E-state index is 7.14. The molecule has 3 aromatic heterocycles. The average Bonchev–Trinajstić information content (AvgIpc) is 3.85. The highest BCUT2D eigenvalue weighted by atomic mass is 16.3. The van der Waals surface area contributed by atoms with Crippen LogP contribution in [-0.2, 0) is 0 Å². The number of fused-ring (bicyclic) bond motifs is 9. The SMILES string of the molecule is c1ccc(-c2cccc(-c3nc(-c4ccccc4)nc(-c4ccc(-n5c6ccccc6c6cc7ccccc7cc65)c5c4oc4c6ccccc6ccc45)n3)c2)cc1. The van der Waals surface area contributed by atoms with Crippen LogP contribution in [0.15, 0.2) is 199 Å². The van der Waals surface area contributed by atoms with E-state index >= 15 is 0 Å². The second-order valence-electron chi connectivity index (χ2n) is 14.8. The molecule has 0 unspecified atom stereocenters. The van der Waals surface area contributed by atoms with Gasteiger partial charge in [-0.2, -0.15) is 0 Å². The summed E-state index contributed by atoms with van der Waals surface area (Å²) in [5.74, 6) is 1.73. The minimum atomic E-state index is 0.544. The standard InChI is InChI=1S/C53H32N4O/c1-3-14-33(15-4-1)36-21-13-22-39(30-36)52-54-51(35-17-5-2-6-18-35)55-53(56-52)43-28-29-46(48-42-27-26-34-16-9-10-23-40(34)49(42)58-50(43)48)57-45-25-12-11-24-41(45)44-31-37-19-7-8-20-38(37)32-47(44)57/h1-32H. The van der Waals surface area contributed by atoms with Crippen LogP contribution < -0.4 is 0 Å². The van der Waals surface area contributed by atoms with Crippen LogP contribution >= 0.6 is 0 Å². The van der Waals surface area contributed by atoms with Crippen molar-refractivity contribution in [2.45, 2.75) is 0 Å². The molecule has 0 aliphatic heterocycles. The van der Waals surface area contributed by atoms with Gasteiger partial charge in [0.1, 0.15) is 11.2 Å². The van der Waals surface area contributed by atoms with Gasteiger partial charge in [0, 0.05) is 32.7 Å². The van der Waals surface area contributed by atoms with Crippen molar-refractivity contribution in [1.29, 1.82) is 0 Å². The number of hydrogen-bond acceptors (Lipinski definition) is 4. The molecule has 12 aromatic rings. The number of rotatable bonds is 5. The predicted octanol–water partition coefficient (Wildman–Crippen LogP) is 13.8. The summed E-state index contributed by atoms with van der Waals surface area (Å²) in [7, 11) is 0. The summed E-state index contributed by atoms with van der Waals surface area (Å²) in [6.45, 7) is 0. The topological polar surface area (TPSA) is 56.7 Å². The molecule has 12 rings (SSSR count). The van der Waals surface area contributed by atoms with Gasteiger partial charge in [0.2, 0.25) is 0 Å². The van der Waals surface area contributed by atoms with Gasteiger partial charge in [0.05, 0.1) is 27.7 Å². The number of para-hydroxylation sites is 1. The Morgan fingerprint density at radius 1 is 0.345 bits per heavy atom. The Morgan fingerprint density at radius 3 is 1.78 bits per heavy atom. The summed E-state index contributed by atoms with van der Waals surface area (Å²) in [6.07, 6.45) is 0. The van der Waals surface area contributed by atoms with Crippen molar-refractivity contribution in [2.75, 3.05) is 0 Å². The minimum Gasteiger partial charge on any atom is -0.455 e. The lowest BCUT2D eigenvalue weighted by Gasteiger charge is -2.13. The van der Waals surface area contributed by atoms with Crippen LogP contribution in [0.25, 0.3) is 116 Å². The molecule has 0 spiro atoms. The third-order valence-electron chi connectivity index (χ3n) is 11.4. The Morgan fingerprint density at radius 2 is 0.966 bits per heavy atom. The number of furan rings is 1. The van der Waals surface area contributed by atoms with Crippen LogP contribution in [0.4, 0.5) is 0 Å². The van der Waals surface area contributed by atoms with Crippen LogP contribution in [0.5, 0.6) is 0 Å².